The van der Waals surface area contributed by atoms with Gasteiger partial charge < -0.3 is 10.7 Å². The Morgan fingerprint density at radius 2 is 2.00 bits per heavy atom. The fourth-order valence-corrected chi connectivity index (χ4v) is 1.64. The second kappa shape index (κ2) is 3.42. The van der Waals surface area contributed by atoms with E-state index in [9.17, 15) is 9.59 Å². The lowest BCUT2D eigenvalue weighted by atomic mass is 10.1. The predicted octanol–water partition coefficient (Wildman–Crippen LogP) is -0.558. The maximum atomic E-state index is 11.5. The number of hydrogen-bond acceptors (Lipinski definition) is 3. The minimum absolute atomic E-state index is 0.291. The normalized spacial score (nSPS) is 15.8. The van der Waals surface area contributed by atoms with Gasteiger partial charge in [0.15, 0.2) is 0 Å². The molecule has 1 aliphatic carbocycles. The molecule has 2 rings (SSSR count). The second-order valence-electron chi connectivity index (χ2n) is 3.61. The van der Waals surface area contributed by atoms with Crippen LogP contribution < -0.4 is 17.0 Å². The average molecular weight is 195 g/mol. The zero-order valence-corrected chi connectivity index (χ0v) is 7.80. The summed E-state index contributed by atoms with van der Waals surface area (Å²) in [5.74, 6) is 0.367. The first-order valence-corrected chi connectivity index (χ1v) is 4.78. The van der Waals surface area contributed by atoms with E-state index in [4.69, 9.17) is 5.73 Å². The van der Waals surface area contributed by atoms with Crippen LogP contribution in [0.4, 0.5) is 0 Å². The van der Waals surface area contributed by atoms with Gasteiger partial charge in [0, 0.05) is 11.3 Å². The lowest BCUT2D eigenvalue weighted by Gasteiger charge is -2.04. The zero-order valence-electron chi connectivity index (χ0n) is 7.80. The number of aromatic nitrogens is 2. The molecule has 4 N–H and O–H groups in total. The van der Waals surface area contributed by atoms with Gasteiger partial charge in [-0.15, -0.1) is 0 Å². The summed E-state index contributed by atoms with van der Waals surface area (Å²) in [6.45, 7) is 0.425. The Kier molecular flexibility index (Phi) is 2.25. The Morgan fingerprint density at radius 1 is 1.29 bits per heavy atom. The van der Waals surface area contributed by atoms with E-state index in [1.807, 2.05) is 0 Å². The van der Waals surface area contributed by atoms with Crippen molar-refractivity contribution in [2.24, 2.45) is 5.73 Å². The molecular formula is C9H13N3O2. The van der Waals surface area contributed by atoms with E-state index in [0.717, 1.165) is 18.5 Å². The molecule has 1 fully saturated rings. The molecule has 0 bridgehead atoms. The highest BCUT2D eigenvalue weighted by Gasteiger charge is 2.28. The number of nitrogens with two attached hydrogens (primary N) is 1. The number of rotatable bonds is 3. The average Bonchev–Trinajstić information content (AvgIpc) is 2.92. The summed E-state index contributed by atoms with van der Waals surface area (Å²) in [5.41, 5.74) is 6.15. The van der Waals surface area contributed by atoms with E-state index in [1.165, 1.54) is 0 Å². The van der Waals surface area contributed by atoms with Crippen LogP contribution in [-0.2, 0) is 6.42 Å². The topological polar surface area (TPSA) is 91.7 Å². The maximum Gasteiger partial charge on any atom is 0.325 e. The highest BCUT2D eigenvalue weighted by Crippen LogP contribution is 2.39. The molecule has 1 aliphatic rings. The van der Waals surface area contributed by atoms with Gasteiger partial charge in [-0.3, -0.25) is 9.78 Å². The molecule has 1 aromatic heterocycles. The van der Waals surface area contributed by atoms with Gasteiger partial charge in [0.25, 0.3) is 5.56 Å². The molecule has 0 aromatic carbocycles. The summed E-state index contributed by atoms with van der Waals surface area (Å²) in [5, 5.41) is 0. The minimum atomic E-state index is -0.419. The van der Waals surface area contributed by atoms with Crippen LogP contribution in [0.25, 0.3) is 0 Å². The van der Waals surface area contributed by atoms with E-state index in [0.29, 0.717) is 24.4 Å². The minimum Gasteiger partial charge on any atom is -0.330 e. The second-order valence-corrected chi connectivity index (χ2v) is 3.61. The van der Waals surface area contributed by atoms with Crippen LogP contribution in [0.5, 0.6) is 0 Å². The van der Waals surface area contributed by atoms with Crippen LogP contribution in [-0.4, -0.2) is 16.5 Å². The molecule has 1 saturated carbocycles. The molecule has 0 unspecified atom stereocenters. The lowest BCUT2D eigenvalue weighted by molar-refractivity contribution is 0.840. The van der Waals surface area contributed by atoms with Gasteiger partial charge in [0.05, 0.1) is 0 Å². The Hall–Kier alpha value is -1.36. The third kappa shape index (κ3) is 1.63. The van der Waals surface area contributed by atoms with Crippen molar-refractivity contribution in [2.45, 2.75) is 25.2 Å². The third-order valence-electron chi connectivity index (χ3n) is 2.45. The monoisotopic (exact) mass is 195 g/mol. The molecule has 0 aliphatic heterocycles. The Morgan fingerprint density at radius 3 is 2.57 bits per heavy atom. The molecule has 0 saturated heterocycles. The largest absolute Gasteiger partial charge is 0.330 e. The summed E-state index contributed by atoms with van der Waals surface area (Å²) in [7, 11) is 0. The summed E-state index contributed by atoms with van der Waals surface area (Å²) in [6.07, 6.45) is 2.63. The van der Waals surface area contributed by atoms with Crippen molar-refractivity contribution in [3.63, 3.8) is 0 Å². The van der Waals surface area contributed by atoms with E-state index in [2.05, 4.69) is 9.97 Å². The molecular weight excluding hydrogens is 182 g/mol. The Bertz CT molecular complexity index is 442. The molecule has 14 heavy (non-hydrogen) atoms. The van der Waals surface area contributed by atoms with E-state index < -0.39 is 5.69 Å². The summed E-state index contributed by atoms with van der Waals surface area (Å²) in [6, 6.07) is 0. The lowest BCUT2D eigenvalue weighted by Crippen LogP contribution is -2.29. The van der Waals surface area contributed by atoms with E-state index in [-0.39, 0.29) is 5.56 Å². The highest BCUT2D eigenvalue weighted by molar-refractivity contribution is 5.24. The first-order chi connectivity index (χ1) is 6.72. The SMILES string of the molecule is NCCc1c(C2CC2)[nH]c(=O)[nH]c1=O. The molecule has 5 heteroatoms. The van der Waals surface area contributed by atoms with Crippen LogP contribution in [0.1, 0.15) is 30.0 Å². The predicted molar refractivity (Wildman–Crippen MR) is 52.4 cm³/mol. The molecule has 0 spiro atoms. The maximum absolute atomic E-state index is 11.5. The van der Waals surface area contributed by atoms with Gasteiger partial charge in [-0.25, -0.2) is 4.79 Å². The fourth-order valence-electron chi connectivity index (χ4n) is 1.64. The first-order valence-electron chi connectivity index (χ1n) is 4.78. The van der Waals surface area contributed by atoms with Gasteiger partial charge in [-0.05, 0) is 31.7 Å². The van der Waals surface area contributed by atoms with Crippen molar-refractivity contribution >= 4 is 0 Å². The molecule has 1 aromatic rings. The van der Waals surface area contributed by atoms with Gasteiger partial charge in [-0.1, -0.05) is 0 Å². The van der Waals surface area contributed by atoms with Crippen LogP contribution >= 0.6 is 0 Å². The van der Waals surface area contributed by atoms with Crippen molar-refractivity contribution in [3.8, 4) is 0 Å². The van der Waals surface area contributed by atoms with Crippen LogP contribution in [0.2, 0.25) is 0 Å². The van der Waals surface area contributed by atoms with Gasteiger partial charge >= 0.3 is 5.69 Å². The molecule has 0 radical (unpaired) electrons. The van der Waals surface area contributed by atoms with Crippen molar-refractivity contribution in [1.29, 1.82) is 0 Å². The van der Waals surface area contributed by atoms with Gasteiger partial charge in [0.1, 0.15) is 0 Å². The number of hydrogen-bond donors (Lipinski definition) is 3. The Balaban J connectivity index is 2.53. The quantitative estimate of drug-likeness (QED) is 0.603. The van der Waals surface area contributed by atoms with E-state index in [1.54, 1.807) is 0 Å². The van der Waals surface area contributed by atoms with Crippen molar-refractivity contribution in [3.05, 3.63) is 32.1 Å². The van der Waals surface area contributed by atoms with Gasteiger partial charge in [0.2, 0.25) is 0 Å². The summed E-state index contributed by atoms with van der Waals surface area (Å²) < 4.78 is 0. The number of aromatic amines is 2. The van der Waals surface area contributed by atoms with Crippen molar-refractivity contribution in [1.82, 2.24) is 9.97 Å². The van der Waals surface area contributed by atoms with Crippen molar-refractivity contribution < 1.29 is 0 Å². The summed E-state index contributed by atoms with van der Waals surface area (Å²) in [4.78, 5) is 27.4. The third-order valence-corrected chi connectivity index (χ3v) is 2.45. The number of H-pyrrole nitrogens is 2. The van der Waals surface area contributed by atoms with Crippen LogP contribution in [0.3, 0.4) is 0 Å². The van der Waals surface area contributed by atoms with Crippen LogP contribution in [0, 0.1) is 0 Å². The molecule has 0 atom stereocenters. The fraction of sp³-hybridized carbons (Fsp3) is 0.556. The molecule has 0 amide bonds. The van der Waals surface area contributed by atoms with Crippen molar-refractivity contribution in [2.75, 3.05) is 6.54 Å². The highest BCUT2D eigenvalue weighted by atomic mass is 16.2. The smallest absolute Gasteiger partial charge is 0.325 e. The first kappa shape index (κ1) is 9.21. The Labute approximate surface area is 80.4 Å². The summed E-state index contributed by atoms with van der Waals surface area (Å²) >= 11 is 0. The standard InChI is InChI=1S/C9H13N3O2/c10-4-3-6-7(5-1-2-5)11-9(14)12-8(6)13/h5H,1-4,10H2,(H2,11,12,13,14). The van der Waals surface area contributed by atoms with Gasteiger partial charge in [-0.2, -0.15) is 0 Å². The molecule has 5 nitrogen and oxygen atoms in total. The molecule has 1 heterocycles. The molecule has 76 valence electrons. The number of nitrogens with one attached hydrogen (secondary N) is 2. The van der Waals surface area contributed by atoms with Crippen LogP contribution in [0.15, 0.2) is 9.59 Å². The van der Waals surface area contributed by atoms with E-state index >= 15 is 0 Å². The zero-order chi connectivity index (χ0) is 10.1.